The molecule has 0 aliphatic carbocycles. The van der Waals surface area contributed by atoms with Gasteiger partial charge in [0.25, 0.3) is 0 Å². The van der Waals surface area contributed by atoms with Crippen molar-refractivity contribution in [1.29, 1.82) is 0 Å². The smallest absolute Gasteiger partial charge is 0.352 e. The first-order valence-corrected chi connectivity index (χ1v) is 11.6. The zero-order valence-corrected chi connectivity index (χ0v) is 19.0. The highest BCUT2D eigenvalue weighted by Crippen LogP contribution is 2.29. The Morgan fingerprint density at radius 1 is 0.735 bits per heavy atom. The van der Waals surface area contributed by atoms with Gasteiger partial charge in [-0.2, -0.15) is 0 Å². The Kier molecular flexibility index (Phi) is 5.99. The number of rotatable bonds is 3. The molecule has 0 saturated heterocycles. The van der Waals surface area contributed by atoms with E-state index in [0.29, 0.717) is 6.54 Å². The lowest BCUT2D eigenvalue weighted by atomic mass is 10.1. The summed E-state index contributed by atoms with van der Waals surface area (Å²) in [6.45, 7) is 0.458. The van der Waals surface area contributed by atoms with Crippen LogP contribution in [0, 0.1) is 23.7 Å². The molecule has 5 rings (SSSR count). The van der Waals surface area contributed by atoms with E-state index in [1.54, 1.807) is 6.07 Å². The number of carbonyl (C=O) groups is 1. The highest BCUT2D eigenvalue weighted by molar-refractivity contribution is 7.19. The molecule has 3 aromatic carbocycles. The summed E-state index contributed by atoms with van der Waals surface area (Å²) >= 11 is 1.51. The molecule has 0 amide bonds. The van der Waals surface area contributed by atoms with Crippen LogP contribution in [0.5, 0.6) is 0 Å². The first-order chi connectivity index (χ1) is 16.7. The predicted molar refractivity (Wildman–Crippen MR) is 137 cm³/mol. The molecule has 0 radical (unpaired) electrons. The monoisotopic (exact) mass is 457 g/mol. The van der Waals surface area contributed by atoms with Gasteiger partial charge in [0.2, 0.25) is 0 Å². The van der Waals surface area contributed by atoms with Crippen LogP contribution < -0.4 is 0 Å². The molecule has 2 aromatic heterocycles. The maximum Gasteiger partial charge on any atom is 0.352 e. The van der Waals surface area contributed by atoms with Gasteiger partial charge in [-0.1, -0.05) is 72.2 Å². The van der Waals surface area contributed by atoms with Gasteiger partial charge in [0.1, 0.15) is 5.69 Å². The van der Waals surface area contributed by atoms with Crippen LogP contribution in [0.1, 0.15) is 37.6 Å². The average Bonchev–Trinajstić information content (AvgIpc) is 3.42. The van der Waals surface area contributed by atoms with Crippen molar-refractivity contribution in [2.24, 2.45) is 0 Å². The maximum absolute atomic E-state index is 11.9. The van der Waals surface area contributed by atoms with Crippen LogP contribution >= 0.6 is 11.3 Å². The fourth-order valence-electron chi connectivity index (χ4n) is 3.65. The van der Waals surface area contributed by atoms with E-state index in [2.05, 4.69) is 23.7 Å². The largest absolute Gasteiger partial charge is 0.477 e. The molecular formula is C30H19NO2S. The third-order valence-electron chi connectivity index (χ3n) is 5.33. The third-order valence-corrected chi connectivity index (χ3v) is 6.32. The lowest BCUT2D eigenvalue weighted by Gasteiger charge is -2.08. The number of nitrogens with zero attached hydrogens (tertiary/aromatic N) is 1. The number of hydrogen-bond acceptors (Lipinski definition) is 2. The Hall–Kier alpha value is -4.51. The molecule has 0 fully saturated rings. The van der Waals surface area contributed by atoms with Gasteiger partial charge in [0, 0.05) is 23.2 Å². The first-order valence-electron chi connectivity index (χ1n) is 10.8. The minimum Gasteiger partial charge on any atom is -0.477 e. The summed E-state index contributed by atoms with van der Waals surface area (Å²) in [4.78, 5) is 12.8. The second kappa shape index (κ2) is 9.55. The summed E-state index contributed by atoms with van der Waals surface area (Å²) in [6.07, 6.45) is 0. The van der Waals surface area contributed by atoms with Crippen LogP contribution in [0.25, 0.3) is 10.2 Å². The van der Waals surface area contributed by atoms with Crippen molar-refractivity contribution in [3.63, 3.8) is 0 Å². The molecule has 0 spiro atoms. The van der Waals surface area contributed by atoms with E-state index in [1.807, 2.05) is 95.6 Å². The molecule has 5 aromatic rings. The topological polar surface area (TPSA) is 42.2 Å². The van der Waals surface area contributed by atoms with Gasteiger partial charge in [-0.05, 0) is 54.1 Å². The molecule has 0 saturated carbocycles. The molecule has 2 heterocycles. The van der Waals surface area contributed by atoms with Gasteiger partial charge in [-0.25, -0.2) is 4.79 Å². The van der Waals surface area contributed by atoms with E-state index in [0.717, 1.165) is 37.3 Å². The number of aromatic carboxylic acids is 1. The number of fused-ring (bicyclic) bond motifs is 1. The summed E-state index contributed by atoms with van der Waals surface area (Å²) in [7, 11) is 0. The molecule has 1 N–H and O–H groups in total. The molecule has 0 aliphatic rings. The number of carboxylic acid groups (broad SMARTS) is 1. The van der Waals surface area contributed by atoms with Gasteiger partial charge < -0.3 is 9.67 Å². The number of hydrogen-bond donors (Lipinski definition) is 1. The Balaban J connectivity index is 1.41. The third kappa shape index (κ3) is 4.79. The summed E-state index contributed by atoms with van der Waals surface area (Å²) in [5.41, 5.74) is 5.00. The van der Waals surface area contributed by atoms with Gasteiger partial charge in [-0.3, -0.25) is 0 Å². The lowest BCUT2D eigenvalue weighted by Crippen LogP contribution is -2.09. The van der Waals surface area contributed by atoms with Gasteiger partial charge in [0.05, 0.1) is 15.1 Å². The zero-order valence-electron chi connectivity index (χ0n) is 18.2. The number of benzene rings is 3. The normalized spacial score (nSPS) is 10.2. The van der Waals surface area contributed by atoms with Crippen molar-refractivity contribution < 1.29 is 9.90 Å². The zero-order chi connectivity index (χ0) is 23.3. The standard InChI is InChI=1S/C30H19NO2S/c32-30(33)28-20-29-27(19-26(34-29)18-17-23-9-5-2-6-10-23)31(28)21-25-15-13-24(14-16-25)12-11-22-7-3-1-4-8-22/h1-10,13-16,19-20H,21H2,(H,32,33). The van der Waals surface area contributed by atoms with Gasteiger partial charge >= 0.3 is 5.97 Å². The molecule has 4 heteroatoms. The number of thiophene rings is 1. The van der Waals surface area contributed by atoms with Crippen molar-refractivity contribution in [2.45, 2.75) is 6.54 Å². The van der Waals surface area contributed by atoms with Crippen LogP contribution in [-0.4, -0.2) is 15.6 Å². The van der Waals surface area contributed by atoms with E-state index in [9.17, 15) is 9.90 Å². The van der Waals surface area contributed by atoms with Crippen LogP contribution in [-0.2, 0) is 6.54 Å². The second-order valence-corrected chi connectivity index (χ2v) is 8.79. The fraction of sp³-hybridized carbons (Fsp3) is 0.0333. The molecule has 0 unspecified atom stereocenters. The Bertz CT molecular complexity index is 1590. The minimum absolute atomic E-state index is 0.275. The summed E-state index contributed by atoms with van der Waals surface area (Å²) in [6, 6.07) is 31.3. The molecule has 0 aliphatic heterocycles. The molecule has 162 valence electrons. The lowest BCUT2D eigenvalue weighted by molar-refractivity contribution is 0.0686. The SMILES string of the molecule is O=C(O)c1cc2sc(C#Cc3ccccc3)cc2n1Cc1ccc(C#Cc2ccccc2)cc1. The first kappa shape index (κ1) is 21.3. The molecule has 0 bridgehead atoms. The Morgan fingerprint density at radius 2 is 1.29 bits per heavy atom. The van der Waals surface area contributed by atoms with Crippen molar-refractivity contribution in [3.8, 4) is 23.7 Å². The highest BCUT2D eigenvalue weighted by Gasteiger charge is 2.17. The van der Waals surface area contributed by atoms with Crippen LogP contribution in [0.4, 0.5) is 0 Å². The fourth-order valence-corrected chi connectivity index (χ4v) is 4.60. The molecule has 3 nitrogen and oxygen atoms in total. The number of carboxylic acids is 1. The highest BCUT2D eigenvalue weighted by atomic mass is 32.1. The van der Waals surface area contributed by atoms with Crippen molar-refractivity contribution >= 4 is 27.5 Å². The van der Waals surface area contributed by atoms with E-state index < -0.39 is 5.97 Å². The van der Waals surface area contributed by atoms with Crippen molar-refractivity contribution in [1.82, 2.24) is 4.57 Å². The minimum atomic E-state index is -0.939. The van der Waals surface area contributed by atoms with Gasteiger partial charge in [-0.15, -0.1) is 11.3 Å². The van der Waals surface area contributed by atoms with Crippen LogP contribution in [0.3, 0.4) is 0 Å². The Labute approximate surface area is 201 Å². The molecule has 0 atom stereocenters. The summed E-state index contributed by atoms with van der Waals surface area (Å²) in [5, 5.41) is 9.74. The van der Waals surface area contributed by atoms with Crippen molar-refractivity contribution in [2.75, 3.05) is 0 Å². The van der Waals surface area contributed by atoms with Crippen molar-refractivity contribution in [3.05, 3.63) is 130 Å². The van der Waals surface area contributed by atoms with E-state index in [4.69, 9.17) is 0 Å². The van der Waals surface area contributed by atoms with E-state index >= 15 is 0 Å². The van der Waals surface area contributed by atoms with E-state index in [-0.39, 0.29) is 5.69 Å². The van der Waals surface area contributed by atoms with Gasteiger partial charge in [0.15, 0.2) is 0 Å². The number of aromatic nitrogens is 1. The molecular weight excluding hydrogens is 438 g/mol. The summed E-state index contributed by atoms with van der Waals surface area (Å²) in [5.74, 6) is 11.8. The quantitative estimate of drug-likeness (QED) is 0.326. The maximum atomic E-state index is 11.9. The average molecular weight is 458 g/mol. The van der Waals surface area contributed by atoms with Crippen LogP contribution in [0.15, 0.2) is 97.1 Å². The Morgan fingerprint density at radius 3 is 1.88 bits per heavy atom. The van der Waals surface area contributed by atoms with Crippen LogP contribution in [0.2, 0.25) is 0 Å². The summed E-state index contributed by atoms with van der Waals surface area (Å²) < 4.78 is 2.76. The molecule has 34 heavy (non-hydrogen) atoms. The van der Waals surface area contributed by atoms with E-state index in [1.165, 1.54) is 11.3 Å². The predicted octanol–water partition coefficient (Wildman–Crippen LogP) is 6.25. The second-order valence-electron chi connectivity index (χ2n) is 7.71.